The summed E-state index contributed by atoms with van der Waals surface area (Å²) in [6.07, 6.45) is 2.52. The van der Waals surface area contributed by atoms with Gasteiger partial charge in [-0.25, -0.2) is 9.78 Å². The largest absolute Gasteiger partial charge is 0.478 e. The molecule has 2 rings (SSSR count). The van der Waals surface area contributed by atoms with Gasteiger partial charge in [-0.15, -0.1) is 0 Å². The molecule has 1 aliphatic rings. The monoisotopic (exact) mass is 280 g/mol. The van der Waals surface area contributed by atoms with Crippen LogP contribution in [0.3, 0.4) is 0 Å². The number of pyridine rings is 1. The van der Waals surface area contributed by atoms with Crippen LogP contribution < -0.4 is 0 Å². The molecule has 0 radical (unpaired) electrons. The van der Waals surface area contributed by atoms with Crippen molar-refractivity contribution in [3.63, 3.8) is 0 Å². The predicted octanol–water partition coefficient (Wildman–Crippen LogP) is 1.02. The third-order valence-electron chi connectivity index (χ3n) is 2.70. The number of aromatic nitrogens is 1. The van der Waals surface area contributed by atoms with E-state index >= 15 is 0 Å². The van der Waals surface area contributed by atoms with Crippen LogP contribution in [-0.2, 0) is 9.59 Å². The van der Waals surface area contributed by atoms with Crippen molar-refractivity contribution in [2.45, 2.75) is 17.9 Å². The van der Waals surface area contributed by atoms with Crippen LogP contribution in [0, 0.1) is 0 Å². The minimum Gasteiger partial charge on any atom is -0.478 e. The van der Waals surface area contributed by atoms with Crippen molar-refractivity contribution in [3.05, 3.63) is 23.9 Å². The van der Waals surface area contributed by atoms with Gasteiger partial charge >= 0.3 is 5.97 Å². The van der Waals surface area contributed by atoms with Crippen molar-refractivity contribution in [3.8, 4) is 0 Å². The molecule has 1 aliphatic heterocycles. The molecule has 1 aromatic heterocycles. The Morgan fingerprint density at radius 2 is 2.26 bits per heavy atom. The Morgan fingerprint density at radius 1 is 1.47 bits per heavy atom. The lowest BCUT2D eigenvalue weighted by molar-refractivity contribution is -0.140. The molecule has 100 valence electrons. The summed E-state index contributed by atoms with van der Waals surface area (Å²) in [5, 5.41) is 9.30. The van der Waals surface area contributed by atoms with Crippen LogP contribution in [0.1, 0.15) is 23.2 Å². The molecular weight excluding hydrogens is 268 g/mol. The van der Waals surface area contributed by atoms with Crippen molar-refractivity contribution in [1.82, 2.24) is 9.88 Å². The number of hydrogen-bond acceptors (Lipinski definition) is 5. The van der Waals surface area contributed by atoms with Gasteiger partial charge in [0.2, 0.25) is 11.8 Å². The average molecular weight is 280 g/mol. The van der Waals surface area contributed by atoms with Gasteiger partial charge in [0.25, 0.3) is 0 Å². The Balaban J connectivity index is 1.95. The number of rotatable bonds is 4. The average Bonchev–Trinajstić information content (AvgIpc) is 2.82. The Morgan fingerprint density at radius 3 is 2.89 bits per heavy atom. The quantitative estimate of drug-likeness (QED) is 0.828. The van der Waals surface area contributed by atoms with E-state index in [4.69, 9.17) is 5.11 Å². The van der Waals surface area contributed by atoms with Crippen molar-refractivity contribution >= 4 is 29.5 Å². The fourth-order valence-corrected chi connectivity index (χ4v) is 2.52. The van der Waals surface area contributed by atoms with E-state index in [0.29, 0.717) is 24.4 Å². The van der Waals surface area contributed by atoms with E-state index in [2.05, 4.69) is 4.98 Å². The minimum atomic E-state index is -1.04. The van der Waals surface area contributed by atoms with Gasteiger partial charge in [-0.05, 0) is 18.6 Å². The topological polar surface area (TPSA) is 87.6 Å². The number of thioether (sulfide) groups is 1. The second-order valence-electron chi connectivity index (χ2n) is 4.02. The molecule has 2 heterocycles. The molecule has 0 bridgehead atoms. The van der Waals surface area contributed by atoms with E-state index in [9.17, 15) is 14.4 Å². The zero-order valence-corrected chi connectivity index (χ0v) is 10.9. The first-order valence-electron chi connectivity index (χ1n) is 5.73. The van der Waals surface area contributed by atoms with Crippen LogP contribution >= 0.6 is 11.8 Å². The second kappa shape index (κ2) is 5.83. The molecule has 0 saturated carbocycles. The number of carboxylic acids is 1. The molecule has 0 aromatic carbocycles. The van der Waals surface area contributed by atoms with Gasteiger partial charge < -0.3 is 5.11 Å². The van der Waals surface area contributed by atoms with E-state index in [0.717, 1.165) is 11.8 Å². The maximum atomic E-state index is 11.8. The van der Waals surface area contributed by atoms with Gasteiger partial charge in [-0.3, -0.25) is 14.5 Å². The van der Waals surface area contributed by atoms with Gasteiger partial charge in [-0.2, -0.15) is 0 Å². The molecule has 6 nitrogen and oxygen atoms in total. The summed E-state index contributed by atoms with van der Waals surface area (Å²) < 4.78 is 0. The number of amides is 2. The SMILES string of the molecule is O=C(O)c1ccnc(SCC(=O)N2CCCC2=O)c1. The summed E-state index contributed by atoms with van der Waals surface area (Å²) in [7, 11) is 0. The molecule has 2 amide bonds. The first-order chi connectivity index (χ1) is 9.08. The zero-order chi connectivity index (χ0) is 13.8. The Hall–Kier alpha value is -1.89. The van der Waals surface area contributed by atoms with Crippen LogP contribution in [-0.4, -0.2) is 45.1 Å². The van der Waals surface area contributed by atoms with Crippen molar-refractivity contribution in [2.24, 2.45) is 0 Å². The lowest BCUT2D eigenvalue weighted by Gasteiger charge is -2.12. The van der Waals surface area contributed by atoms with Crippen molar-refractivity contribution in [1.29, 1.82) is 0 Å². The lowest BCUT2D eigenvalue weighted by atomic mass is 10.3. The fourth-order valence-electron chi connectivity index (χ4n) is 1.75. The van der Waals surface area contributed by atoms with Crippen LogP contribution in [0.5, 0.6) is 0 Å². The zero-order valence-electron chi connectivity index (χ0n) is 10.0. The molecule has 0 atom stereocenters. The number of hydrogen-bond donors (Lipinski definition) is 1. The van der Waals surface area contributed by atoms with Crippen LogP contribution in [0.4, 0.5) is 0 Å². The highest BCUT2D eigenvalue weighted by atomic mass is 32.2. The number of nitrogens with zero attached hydrogens (tertiary/aromatic N) is 2. The van der Waals surface area contributed by atoms with Crippen molar-refractivity contribution < 1.29 is 19.5 Å². The molecule has 1 fully saturated rings. The van der Waals surface area contributed by atoms with Gasteiger partial charge in [0.15, 0.2) is 0 Å². The highest BCUT2D eigenvalue weighted by Crippen LogP contribution is 2.18. The van der Waals surface area contributed by atoms with Crippen LogP contribution in [0.15, 0.2) is 23.4 Å². The fraction of sp³-hybridized carbons (Fsp3) is 0.333. The first-order valence-corrected chi connectivity index (χ1v) is 6.72. The third-order valence-corrected chi connectivity index (χ3v) is 3.61. The summed E-state index contributed by atoms with van der Waals surface area (Å²) in [6, 6.07) is 2.80. The normalized spacial score (nSPS) is 14.7. The summed E-state index contributed by atoms with van der Waals surface area (Å²) in [5.74, 6) is -1.35. The summed E-state index contributed by atoms with van der Waals surface area (Å²) >= 11 is 1.13. The highest BCUT2D eigenvalue weighted by Gasteiger charge is 2.26. The van der Waals surface area contributed by atoms with Gasteiger partial charge in [0.05, 0.1) is 16.3 Å². The van der Waals surface area contributed by atoms with E-state index in [1.54, 1.807) is 0 Å². The third kappa shape index (κ3) is 3.31. The molecular formula is C12H12N2O4S. The Bertz CT molecular complexity index is 532. The number of carboxylic acid groups (broad SMARTS) is 1. The summed E-state index contributed by atoms with van der Waals surface area (Å²) in [5.41, 5.74) is 0.127. The summed E-state index contributed by atoms with van der Waals surface area (Å²) in [4.78, 5) is 39.2. The Labute approximate surface area is 113 Å². The predicted molar refractivity (Wildman–Crippen MR) is 67.9 cm³/mol. The molecule has 0 unspecified atom stereocenters. The number of imide groups is 1. The molecule has 0 aliphatic carbocycles. The van der Waals surface area contributed by atoms with E-state index in [1.807, 2.05) is 0 Å². The lowest BCUT2D eigenvalue weighted by Crippen LogP contribution is -2.33. The molecule has 0 spiro atoms. The highest BCUT2D eigenvalue weighted by molar-refractivity contribution is 7.99. The summed E-state index contributed by atoms with van der Waals surface area (Å²) in [6.45, 7) is 0.473. The first kappa shape index (κ1) is 13.5. The smallest absolute Gasteiger partial charge is 0.335 e. The molecule has 19 heavy (non-hydrogen) atoms. The number of aromatic carboxylic acids is 1. The minimum absolute atomic E-state index is 0.0851. The van der Waals surface area contributed by atoms with Gasteiger partial charge in [0.1, 0.15) is 0 Å². The van der Waals surface area contributed by atoms with Gasteiger partial charge in [-0.1, -0.05) is 11.8 Å². The molecule has 7 heteroatoms. The Kier molecular flexibility index (Phi) is 4.16. The maximum Gasteiger partial charge on any atom is 0.335 e. The maximum absolute atomic E-state index is 11.8. The van der Waals surface area contributed by atoms with E-state index in [-0.39, 0.29) is 23.1 Å². The number of carbonyl (C=O) groups excluding carboxylic acids is 2. The molecule has 1 aromatic rings. The number of likely N-dealkylation sites (tertiary alicyclic amines) is 1. The van der Waals surface area contributed by atoms with E-state index < -0.39 is 5.97 Å². The second-order valence-corrected chi connectivity index (χ2v) is 5.01. The van der Waals surface area contributed by atoms with Crippen LogP contribution in [0.2, 0.25) is 0 Å². The molecule has 1 saturated heterocycles. The van der Waals surface area contributed by atoms with Gasteiger partial charge in [0, 0.05) is 19.2 Å². The molecule has 1 N–H and O–H groups in total. The van der Waals surface area contributed by atoms with Crippen LogP contribution in [0.25, 0.3) is 0 Å². The van der Waals surface area contributed by atoms with Crippen molar-refractivity contribution in [2.75, 3.05) is 12.3 Å². The standard InChI is InChI=1S/C12H12N2O4S/c15-10-2-1-5-14(10)11(16)7-19-9-6-8(12(17)18)3-4-13-9/h3-4,6H,1-2,5,7H2,(H,17,18). The van der Waals surface area contributed by atoms with E-state index in [1.165, 1.54) is 23.2 Å². The number of carbonyl (C=O) groups is 3.